The molecule has 0 atom stereocenters. The maximum Gasteiger partial charge on any atom is 0.244 e. The van der Waals surface area contributed by atoms with Crippen LogP contribution in [0.1, 0.15) is 6.92 Å². The van der Waals surface area contributed by atoms with Crippen LogP contribution < -0.4 is 4.90 Å². The predicted molar refractivity (Wildman–Crippen MR) is 70.1 cm³/mol. The van der Waals surface area contributed by atoms with Crippen molar-refractivity contribution < 1.29 is 13.5 Å². The lowest BCUT2D eigenvalue weighted by molar-refractivity contribution is 0.302. The first-order valence-corrected chi connectivity index (χ1v) is 7.12. The fourth-order valence-electron chi connectivity index (χ4n) is 1.48. The summed E-state index contributed by atoms with van der Waals surface area (Å²) in [6.45, 7) is 3.16. The van der Waals surface area contributed by atoms with Gasteiger partial charge in [-0.25, -0.2) is 17.7 Å². The van der Waals surface area contributed by atoms with Gasteiger partial charge in [-0.3, -0.25) is 0 Å². The number of rotatable bonds is 6. The standard InChI is InChI=1S/C11H19N3O3S/c1-4-14(7-8-15)11-6-5-10(9-12-11)18(16,17)13(2)3/h5-6,9,15H,4,7-8H2,1-3H3. The van der Waals surface area contributed by atoms with Gasteiger partial charge in [0.05, 0.1) is 6.61 Å². The van der Waals surface area contributed by atoms with Crippen LogP contribution in [-0.4, -0.2) is 56.6 Å². The molecule has 0 radical (unpaired) electrons. The van der Waals surface area contributed by atoms with Crippen molar-refractivity contribution >= 4 is 15.8 Å². The van der Waals surface area contributed by atoms with Gasteiger partial charge in [0.15, 0.2) is 0 Å². The average molecular weight is 273 g/mol. The van der Waals surface area contributed by atoms with Gasteiger partial charge in [-0.15, -0.1) is 0 Å². The summed E-state index contributed by atoms with van der Waals surface area (Å²) in [5, 5.41) is 8.91. The Morgan fingerprint density at radius 1 is 1.33 bits per heavy atom. The quantitative estimate of drug-likeness (QED) is 0.798. The van der Waals surface area contributed by atoms with Crippen LogP contribution in [-0.2, 0) is 10.0 Å². The zero-order chi connectivity index (χ0) is 13.8. The molecule has 1 rings (SSSR count). The summed E-state index contributed by atoms with van der Waals surface area (Å²) in [7, 11) is -0.476. The molecule has 0 aliphatic carbocycles. The number of aliphatic hydroxyl groups is 1. The van der Waals surface area contributed by atoms with Crippen LogP contribution in [0, 0.1) is 0 Å². The Labute approximate surface area is 108 Å². The first-order valence-electron chi connectivity index (χ1n) is 5.68. The maximum atomic E-state index is 11.8. The van der Waals surface area contributed by atoms with Gasteiger partial charge >= 0.3 is 0 Å². The fourth-order valence-corrected chi connectivity index (χ4v) is 2.33. The lowest BCUT2D eigenvalue weighted by atomic mass is 10.4. The molecule has 18 heavy (non-hydrogen) atoms. The largest absolute Gasteiger partial charge is 0.395 e. The minimum Gasteiger partial charge on any atom is -0.395 e. The van der Waals surface area contributed by atoms with Crippen LogP contribution in [0.15, 0.2) is 23.2 Å². The highest BCUT2D eigenvalue weighted by Gasteiger charge is 2.17. The lowest BCUT2D eigenvalue weighted by Crippen LogP contribution is -2.27. The molecule has 0 aliphatic rings. The molecule has 1 aromatic heterocycles. The summed E-state index contributed by atoms with van der Waals surface area (Å²) in [5.41, 5.74) is 0. The Hall–Kier alpha value is -1.18. The Kier molecular flexibility index (Phi) is 5.06. The lowest BCUT2D eigenvalue weighted by Gasteiger charge is -2.21. The molecule has 1 N–H and O–H groups in total. The first kappa shape index (κ1) is 14.9. The highest BCUT2D eigenvalue weighted by Crippen LogP contribution is 2.16. The second-order valence-electron chi connectivity index (χ2n) is 3.94. The number of aliphatic hydroxyl groups excluding tert-OH is 1. The van der Waals surface area contributed by atoms with Gasteiger partial charge in [0.1, 0.15) is 10.7 Å². The van der Waals surface area contributed by atoms with E-state index in [0.717, 1.165) is 4.31 Å². The van der Waals surface area contributed by atoms with E-state index in [1.165, 1.54) is 26.4 Å². The van der Waals surface area contributed by atoms with Gasteiger partial charge in [-0.2, -0.15) is 0 Å². The SMILES string of the molecule is CCN(CCO)c1ccc(S(=O)(=O)N(C)C)cn1. The molecule has 0 bridgehead atoms. The number of hydrogen-bond acceptors (Lipinski definition) is 5. The Bertz CT molecular complexity index is 471. The van der Waals surface area contributed by atoms with E-state index in [-0.39, 0.29) is 11.5 Å². The number of anilines is 1. The molecule has 0 saturated carbocycles. The summed E-state index contributed by atoms with van der Waals surface area (Å²) < 4.78 is 24.8. The number of nitrogens with zero attached hydrogens (tertiary/aromatic N) is 3. The number of sulfonamides is 1. The topological polar surface area (TPSA) is 73.7 Å². The summed E-state index contributed by atoms with van der Waals surface area (Å²) in [5.74, 6) is 0.657. The number of likely N-dealkylation sites (N-methyl/N-ethyl adjacent to an activating group) is 1. The van der Waals surface area contributed by atoms with Crippen LogP contribution in [0.3, 0.4) is 0 Å². The molecular formula is C11H19N3O3S. The van der Waals surface area contributed by atoms with Crippen molar-refractivity contribution in [2.45, 2.75) is 11.8 Å². The molecular weight excluding hydrogens is 254 g/mol. The fraction of sp³-hybridized carbons (Fsp3) is 0.545. The first-order chi connectivity index (χ1) is 8.43. The summed E-state index contributed by atoms with van der Waals surface area (Å²) >= 11 is 0. The molecule has 0 unspecified atom stereocenters. The molecule has 0 aromatic carbocycles. The maximum absolute atomic E-state index is 11.8. The summed E-state index contributed by atoms with van der Waals surface area (Å²) in [4.78, 5) is 6.16. The van der Waals surface area contributed by atoms with Crippen molar-refractivity contribution in [3.8, 4) is 0 Å². The third kappa shape index (κ3) is 3.18. The summed E-state index contributed by atoms with van der Waals surface area (Å²) in [6.07, 6.45) is 1.34. The van der Waals surface area contributed by atoms with Crippen molar-refractivity contribution in [1.29, 1.82) is 0 Å². The number of hydrogen-bond donors (Lipinski definition) is 1. The molecule has 6 nitrogen and oxygen atoms in total. The van der Waals surface area contributed by atoms with E-state index in [1.54, 1.807) is 6.07 Å². The highest BCUT2D eigenvalue weighted by molar-refractivity contribution is 7.89. The van der Waals surface area contributed by atoms with Crippen molar-refractivity contribution in [2.24, 2.45) is 0 Å². The van der Waals surface area contributed by atoms with Crippen LogP contribution in [0.4, 0.5) is 5.82 Å². The number of aromatic nitrogens is 1. The van der Waals surface area contributed by atoms with Crippen LogP contribution in [0.25, 0.3) is 0 Å². The van der Waals surface area contributed by atoms with Crippen LogP contribution in [0.5, 0.6) is 0 Å². The average Bonchev–Trinajstić information content (AvgIpc) is 2.36. The van der Waals surface area contributed by atoms with Crippen molar-refractivity contribution in [2.75, 3.05) is 38.7 Å². The third-order valence-electron chi connectivity index (χ3n) is 2.57. The van der Waals surface area contributed by atoms with Gasteiger partial charge in [-0.1, -0.05) is 0 Å². The van der Waals surface area contributed by atoms with E-state index in [4.69, 9.17) is 5.11 Å². The second-order valence-corrected chi connectivity index (χ2v) is 6.09. The van der Waals surface area contributed by atoms with Gasteiger partial charge in [0.25, 0.3) is 0 Å². The Morgan fingerprint density at radius 2 is 2.00 bits per heavy atom. The molecule has 1 heterocycles. The molecule has 7 heteroatoms. The van der Waals surface area contributed by atoms with E-state index in [1.807, 2.05) is 11.8 Å². The van der Waals surface area contributed by atoms with E-state index in [2.05, 4.69) is 4.98 Å². The zero-order valence-corrected chi connectivity index (χ0v) is 11.7. The van der Waals surface area contributed by atoms with Crippen molar-refractivity contribution in [3.05, 3.63) is 18.3 Å². The van der Waals surface area contributed by atoms with Crippen molar-refractivity contribution in [1.82, 2.24) is 9.29 Å². The van der Waals surface area contributed by atoms with E-state index in [9.17, 15) is 8.42 Å². The molecule has 0 amide bonds. The van der Waals surface area contributed by atoms with E-state index >= 15 is 0 Å². The Balaban J connectivity index is 2.99. The normalized spacial score (nSPS) is 11.8. The van der Waals surface area contributed by atoms with Gasteiger partial charge < -0.3 is 10.0 Å². The molecule has 0 aliphatic heterocycles. The van der Waals surface area contributed by atoms with E-state index < -0.39 is 10.0 Å². The Morgan fingerprint density at radius 3 is 2.39 bits per heavy atom. The summed E-state index contributed by atoms with van der Waals surface area (Å²) in [6, 6.07) is 3.17. The smallest absolute Gasteiger partial charge is 0.244 e. The zero-order valence-electron chi connectivity index (χ0n) is 10.9. The molecule has 1 aromatic rings. The molecule has 0 saturated heterocycles. The minimum absolute atomic E-state index is 0.0350. The van der Waals surface area contributed by atoms with Crippen LogP contribution >= 0.6 is 0 Å². The van der Waals surface area contributed by atoms with Gasteiger partial charge in [0.2, 0.25) is 10.0 Å². The highest BCUT2D eigenvalue weighted by atomic mass is 32.2. The molecule has 0 fully saturated rings. The van der Waals surface area contributed by atoms with Crippen molar-refractivity contribution in [3.63, 3.8) is 0 Å². The second kappa shape index (κ2) is 6.12. The number of pyridine rings is 1. The monoisotopic (exact) mass is 273 g/mol. The minimum atomic E-state index is -3.44. The van der Waals surface area contributed by atoms with Gasteiger partial charge in [0, 0.05) is 33.4 Å². The van der Waals surface area contributed by atoms with Gasteiger partial charge in [-0.05, 0) is 19.1 Å². The third-order valence-corrected chi connectivity index (χ3v) is 4.37. The predicted octanol–water partition coefficient (Wildman–Crippen LogP) is 0.150. The van der Waals surface area contributed by atoms with E-state index in [0.29, 0.717) is 18.9 Å². The molecule has 102 valence electrons. The molecule has 0 spiro atoms. The van der Waals surface area contributed by atoms with Crippen LogP contribution in [0.2, 0.25) is 0 Å².